The first-order valence-electron chi connectivity index (χ1n) is 12.4. The number of hydrogen-bond donors (Lipinski definition) is 3. The maximum absolute atomic E-state index is 13.0. The Morgan fingerprint density at radius 3 is 2.44 bits per heavy atom. The number of hydrogen-bond acceptors (Lipinski definition) is 6. The van der Waals surface area contributed by atoms with Crippen molar-refractivity contribution in [1.82, 2.24) is 10.2 Å². The molecule has 2 atom stereocenters. The molecule has 1 fully saturated rings. The number of rotatable bonds is 8. The van der Waals surface area contributed by atoms with E-state index in [-0.39, 0.29) is 29.4 Å². The molecule has 0 bridgehead atoms. The van der Waals surface area contributed by atoms with E-state index in [1.54, 1.807) is 54.6 Å². The average Bonchev–Trinajstić information content (AvgIpc) is 2.85. The highest BCUT2D eigenvalue weighted by atomic mass is 16.5. The lowest BCUT2D eigenvalue weighted by molar-refractivity contribution is 0.0903. The summed E-state index contributed by atoms with van der Waals surface area (Å²) in [5.74, 6) is 1.42. The number of ether oxygens (including phenoxy) is 1. The predicted molar refractivity (Wildman–Crippen MR) is 142 cm³/mol. The largest absolute Gasteiger partial charge is 0.508 e. The van der Waals surface area contributed by atoms with Gasteiger partial charge in [0, 0.05) is 55.6 Å². The van der Waals surface area contributed by atoms with E-state index >= 15 is 0 Å². The van der Waals surface area contributed by atoms with Gasteiger partial charge in [-0.15, -0.1) is 0 Å². The van der Waals surface area contributed by atoms with Crippen molar-refractivity contribution in [3.8, 4) is 23.0 Å². The van der Waals surface area contributed by atoms with E-state index in [4.69, 9.17) is 4.74 Å². The summed E-state index contributed by atoms with van der Waals surface area (Å²) in [6.45, 7) is 9.85. The molecular weight excluding hydrogens is 454 g/mol. The van der Waals surface area contributed by atoms with Gasteiger partial charge in [-0.2, -0.15) is 0 Å². The normalized spacial score (nSPS) is 17.1. The number of phenolic OH excluding ortho intramolecular Hbond substituents is 2. The first kappa shape index (κ1) is 25.4. The third kappa shape index (κ3) is 6.29. The van der Waals surface area contributed by atoms with Gasteiger partial charge in [-0.25, -0.2) is 0 Å². The number of phenols is 2. The van der Waals surface area contributed by atoms with E-state index in [0.717, 1.165) is 31.9 Å². The minimum atomic E-state index is -0.116. The zero-order chi connectivity index (χ0) is 25.7. The highest BCUT2D eigenvalue weighted by molar-refractivity contribution is 5.94. The van der Waals surface area contributed by atoms with Crippen LogP contribution in [0.1, 0.15) is 31.1 Å². The Balaban J connectivity index is 1.34. The molecule has 3 N–H and O–H groups in total. The van der Waals surface area contributed by atoms with Crippen LogP contribution in [0.3, 0.4) is 0 Å². The topological polar surface area (TPSA) is 85.3 Å². The molecule has 7 nitrogen and oxygen atoms in total. The molecular formula is C29H35N3O4. The Bertz CT molecular complexity index is 1170. The van der Waals surface area contributed by atoms with Gasteiger partial charge in [-0.1, -0.05) is 32.0 Å². The van der Waals surface area contributed by atoms with Gasteiger partial charge in [-0.05, 0) is 61.4 Å². The van der Waals surface area contributed by atoms with Gasteiger partial charge in [0.15, 0.2) is 11.5 Å². The molecule has 7 heteroatoms. The second-order valence-electron chi connectivity index (χ2n) is 9.74. The Hall–Kier alpha value is -3.71. The molecule has 3 aromatic rings. The monoisotopic (exact) mass is 489 g/mol. The van der Waals surface area contributed by atoms with Gasteiger partial charge in [0.1, 0.15) is 11.5 Å². The molecule has 0 spiro atoms. The van der Waals surface area contributed by atoms with E-state index in [2.05, 4.69) is 35.9 Å². The first-order chi connectivity index (χ1) is 17.3. The van der Waals surface area contributed by atoms with Crippen LogP contribution < -0.4 is 15.0 Å². The molecule has 1 amide bonds. The Kier molecular flexibility index (Phi) is 8.00. The number of carbonyl (C=O) groups excluding carboxylic acids is 1. The summed E-state index contributed by atoms with van der Waals surface area (Å²) in [6.07, 6.45) is 0. The number of nitrogens with zero attached hydrogens (tertiary/aromatic N) is 2. The molecule has 0 aliphatic carbocycles. The number of amides is 1. The number of piperazine rings is 1. The predicted octanol–water partition coefficient (Wildman–Crippen LogP) is 4.86. The van der Waals surface area contributed by atoms with Crippen molar-refractivity contribution in [2.24, 2.45) is 5.92 Å². The Morgan fingerprint density at radius 2 is 1.78 bits per heavy atom. The van der Waals surface area contributed by atoms with Gasteiger partial charge in [-0.3, -0.25) is 9.69 Å². The summed E-state index contributed by atoms with van der Waals surface area (Å²) in [4.78, 5) is 17.7. The minimum Gasteiger partial charge on any atom is -0.508 e. The molecule has 0 saturated carbocycles. The number of aromatic hydroxyl groups is 2. The Morgan fingerprint density at radius 1 is 1.03 bits per heavy atom. The summed E-state index contributed by atoms with van der Waals surface area (Å²) in [5, 5.41) is 22.9. The van der Waals surface area contributed by atoms with Crippen molar-refractivity contribution in [3.63, 3.8) is 0 Å². The number of para-hydroxylation sites is 2. The third-order valence-electron chi connectivity index (χ3n) is 6.66. The highest BCUT2D eigenvalue weighted by Crippen LogP contribution is 2.30. The smallest absolute Gasteiger partial charge is 0.251 e. The van der Waals surface area contributed by atoms with Crippen LogP contribution in [0.25, 0.3) is 0 Å². The van der Waals surface area contributed by atoms with Crippen molar-refractivity contribution in [1.29, 1.82) is 0 Å². The van der Waals surface area contributed by atoms with E-state index in [1.807, 2.05) is 18.2 Å². The van der Waals surface area contributed by atoms with Crippen LogP contribution in [-0.2, 0) is 0 Å². The van der Waals surface area contributed by atoms with Gasteiger partial charge in [0.05, 0.1) is 0 Å². The number of carbonyl (C=O) groups is 1. The van der Waals surface area contributed by atoms with Crippen LogP contribution >= 0.6 is 0 Å². The molecule has 1 heterocycles. The van der Waals surface area contributed by atoms with Crippen LogP contribution in [0.5, 0.6) is 23.0 Å². The lowest BCUT2D eigenvalue weighted by atomic mass is 10.0. The molecule has 4 rings (SSSR count). The number of benzene rings is 3. The van der Waals surface area contributed by atoms with Gasteiger partial charge in [0.25, 0.3) is 5.91 Å². The van der Waals surface area contributed by atoms with Crippen molar-refractivity contribution in [2.45, 2.75) is 32.9 Å². The molecule has 3 aromatic carbocycles. The highest BCUT2D eigenvalue weighted by Gasteiger charge is 2.27. The van der Waals surface area contributed by atoms with Crippen molar-refractivity contribution < 1.29 is 19.7 Å². The van der Waals surface area contributed by atoms with E-state index < -0.39 is 0 Å². The second kappa shape index (κ2) is 11.4. The zero-order valence-corrected chi connectivity index (χ0v) is 21.1. The lowest BCUT2D eigenvalue weighted by Gasteiger charge is -2.42. The summed E-state index contributed by atoms with van der Waals surface area (Å²) in [7, 11) is 0. The Labute approximate surface area is 212 Å². The fourth-order valence-corrected chi connectivity index (χ4v) is 4.55. The third-order valence-corrected chi connectivity index (χ3v) is 6.66. The van der Waals surface area contributed by atoms with Gasteiger partial charge >= 0.3 is 0 Å². The van der Waals surface area contributed by atoms with Crippen molar-refractivity contribution >= 4 is 11.6 Å². The lowest BCUT2D eigenvalue weighted by Crippen LogP contribution is -2.56. The fourth-order valence-electron chi connectivity index (χ4n) is 4.55. The second-order valence-corrected chi connectivity index (χ2v) is 9.74. The number of anilines is 1. The zero-order valence-electron chi connectivity index (χ0n) is 21.1. The van der Waals surface area contributed by atoms with Crippen LogP contribution in [0, 0.1) is 5.92 Å². The van der Waals surface area contributed by atoms with Crippen molar-refractivity contribution in [3.05, 3.63) is 78.4 Å². The maximum Gasteiger partial charge on any atom is 0.251 e. The van der Waals surface area contributed by atoms with Crippen molar-refractivity contribution in [2.75, 3.05) is 31.1 Å². The SMILES string of the molecule is CC(C)C(CN1CCN(c2cccc(O)c2)[C@@H](C)C1)NC(=O)c1ccc(Oc2ccccc2O)cc1. The quantitative estimate of drug-likeness (QED) is 0.419. The molecule has 1 aliphatic heterocycles. The van der Waals surface area contributed by atoms with Gasteiger partial charge in [0.2, 0.25) is 0 Å². The molecule has 1 saturated heterocycles. The summed E-state index contributed by atoms with van der Waals surface area (Å²) >= 11 is 0. The minimum absolute atomic E-state index is 0.00853. The fraction of sp³-hybridized carbons (Fsp3) is 0.345. The maximum atomic E-state index is 13.0. The van der Waals surface area contributed by atoms with E-state index in [1.165, 1.54) is 0 Å². The van der Waals surface area contributed by atoms with Crippen LogP contribution in [-0.4, -0.2) is 59.3 Å². The van der Waals surface area contributed by atoms with Gasteiger partial charge < -0.3 is 25.2 Å². The van der Waals surface area contributed by atoms with Crippen LogP contribution in [0.4, 0.5) is 5.69 Å². The average molecular weight is 490 g/mol. The van der Waals surface area contributed by atoms with E-state index in [0.29, 0.717) is 23.1 Å². The molecule has 1 unspecified atom stereocenters. The molecule has 36 heavy (non-hydrogen) atoms. The molecule has 0 aromatic heterocycles. The first-order valence-corrected chi connectivity index (χ1v) is 12.4. The summed E-state index contributed by atoms with van der Waals surface area (Å²) in [5.41, 5.74) is 1.60. The molecule has 190 valence electrons. The van der Waals surface area contributed by atoms with Crippen LogP contribution in [0.15, 0.2) is 72.8 Å². The van der Waals surface area contributed by atoms with Crippen LogP contribution in [0.2, 0.25) is 0 Å². The summed E-state index contributed by atoms with van der Waals surface area (Å²) < 4.78 is 5.71. The summed E-state index contributed by atoms with van der Waals surface area (Å²) in [6, 6.07) is 21.4. The molecule has 1 aliphatic rings. The molecule has 0 radical (unpaired) electrons. The standard InChI is InChI=1S/C29H35N3O4/c1-20(2)26(19-31-15-16-32(21(3)18-31)23-7-6-8-24(33)17-23)30-29(35)22-11-13-25(14-12-22)36-28-10-5-4-9-27(28)34/h4-14,17,20-21,26,33-34H,15-16,18-19H2,1-3H3,(H,30,35)/t21-,26?/m0/s1. The number of nitrogens with one attached hydrogen (secondary N) is 1. The van der Waals surface area contributed by atoms with E-state index in [9.17, 15) is 15.0 Å².